The summed E-state index contributed by atoms with van der Waals surface area (Å²) in [6.07, 6.45) is -1.91. The number of nitrogens with zero attached hydrogens (tertiary/aromatic N) is 3. The minimum atomic E-state index is -5.18. The van der Waals surface area contributed by atoms with E-state index in [1.807, 2.05) is 5.32 Å². The van der Waals surface area contributed by atoms with Crippen LogP contribution in [0.1, 0.15) is 45.3 Å². The zero-order valence-electron chi connectivity index (χ0n) is 21.6. The summed E-state index contributed by atoms with van der Waals surface area (Å²) in [6.45, 7) is 4.76. The van der Waals surface area contributed by atoms with Gasteiger partial charge in [-0.25, -0.2) is 0 Å². The summed E-state index contributed by atoms with van der Waals surface area (Å²) in [4.78, 5) is 53.0. The molecule has 4 N–H and O–H groups in total. The van der Waals surface area contributed by atoms with Crippen molar-refractivity contribution in [2.75, 3.05) is 6.54 Å². The normalized spacial score (nSPS) is 24.6. The largest absolute Gasteiger partial charge is 0.471 e. The third kappa shape index (κ3) is 4.57. The number of primary amides is 1. The van der Waals surface area contributed by atoms with E-state index in [4.69, 9.17) is 5.73 Å². The highest BCUT2D eigenvalue weighted by Gasteiger charge is 2.79. The van der Waals surface area contributed by atoms with E-state index in [-0.39, 0.29) is 29.5 Å². The van der Waals surface area contributed by atoms with Crippen LogP contribution in [-0.2, 0) is 19.2 Å². The molecule has 3 aliphatic rings. The molecule has 2 unspecified atom stereocenters. The lowest BCUT2D eigenvalue weighted by molar-refractivity contribution is -0.176. The quantitative estimate of drug-likeness (QED) is 0.502. The van der Waals surface area contributed by atoms with Crippen LogP contribution in [0.3, 0.4) is 0 Å². The van der Waals surface area contributed by atoms with Gasteiger partial charge >= 0.3 is 12.1 Å². The van der Waals surface area contributed by atoms with E-state index < -0.39 is 53.3 Å². The first-order valence-electron chi connectivity index (χ1n) is 12.6. The number of hydrogen-bond donors (Lipinski definition) is 3. The van der Waals surface area contributed by atoms with Gasteiger partial charge in [-0.1, -0.05) is 45.0 Å². The van der Waals surface area contributed by atoms with Crippen LogP contribution in [-0.4, -0.2) is 63.5 Å². The van der Waals surface area contributed by atoms with Crippen molar-refractivity contribution in [2.24, 2.45) is 28.4 Å². The molecule has 1 saturated heterocycles. The molecule has 1 aromatic carbocycles. The summed E-state index contributed by atoms with van der Waals surface area (Å²) in [5.74, 6) is -4.75. The number of nitrogens with two attached hydrogens (primary N) is 1. The second-order valence-corrected chi connectivity index (χ2v) is 11.7. The summed E-state index contributed by atoms with van der Waals surface area (Å²) >= 11 is 0. The Labute approximate surface area is 221 Å². The predicted octanol–water partition coefficient (Wildman–Crippen LogP) is 1.60. The Bertz CT molecular complexity index is 1360. The van der Waals surface area contributed by atoms with Crippen molar-refractivity contribution in [3.05, 3.63) is 36.2 Å². The third-order valence-corrected chi connectivity index (χ3v) is 8.26. The summed E-state index contributed by atoms with van der Waals surface area (Å²) in [6, 6.07) is 3.05. The number of halogens is 3. The Hall–Kier alpha value is -3.77. The van der Waals surface area contributed by atoms with E-state index in [2.05, 4.69) is 15.5 Å². The monoisotopic (exact) mass is 546 g/mol. The van der Waals surface area contributed by atoms with Crippen LogP contribution in [0.25, 0.3) is 10.8 Å². The Morgan fingerprint density at radius 3 is 2.36 bits per heavy atom. The zero-order chi connectivity index (χ0) is 28.5. The van der Waals surface area contributed by atoms with Crippen LogP contribution in [0, 0.1) is 22.7 Å². The molecular weight excluding hydrogens is 517 g/mol. The fourth-order valence-electron chi connectivity index (χ4n) is 6.13. The molecule has 0 radical (unpaired) electrons. The van der Waals surface area contributed by atoms with Crippen molar-refractivity contribution >= 4 is 34.4 Å². The van der Waals surface area contributed by atoms with Crippen LogP contribution in [0.4, 0.5) is 13.2 Å². The van der Waals surface area contributed by atoms with Crippen molar-refractivity contribution in [3.8, 4) is 0 Å². The lowest BCUT2D eigenvalue weighted by Gasteiger charge is -2.37. The van der Waals surface area contributed by atoms with Gasteiger partial charge in [0, 0.05) is 17.3 Å². The second kappa shape index (κ2) is 8.88. The van der Waals surface area contributed by atoms with E-state index >= 15 is 0 Å². The van der Waals surface area contributed by atoms with Gasteiger partial charge in [0.1, 0.15) is 17.8 Å². The molecule has 0 bridgehead atoms. The minimum Gasteiger partial charge on any atom is -0.368 e. The lowest BCUT2D eigenvalue weighted by Crippen LogP contribution is -2.60. The van der Waals surface area contributed by atoms with Gasteiger partial charge in [0.25, 0.3) is 0 Å². The standard InChI is InChI=1S/C26H29F3N6O4/c1-24(2,3)19(33-23(39)26(27,28)29)22(38)35-11-14-15(25(14)8-9-25)18(35)21(37)32-17(20(30)36)16-13-7-5-4-6-12(13)10-31-34-16/h4-7,10,14-15,17-19H,8-9,11H2,1-3H3,(H2,30,36)(H,32,37)(H,33,39)/t14-,15-,17?,18-,19?/m0/s1. The molecule has 5 rings (SSSR count). The number of hydrogen-bond acceptors (Lipinski definition) is 6. The van der Waals surface area contributed by atoms with Crippen molar-refractivity contribution in [2.45, 2.75) is 57.9 Å². The highest BCUT2D eigenvalue weighted by molar-refractivity contribution is 5.97. The Morgan fingerprint density at radius 2 is 1.77 bits per heavy atom. The van der Waals surface area contributed by atoms with Gasteiger partial charge < -0.3 is 21.3 Å². The molecule has 4 amide bonds. The number of amides is 4. The van der Waals surface area contributed by atoms with Crippen molar-refractivity contribution in [3.63, 3.8) is 0 Å². The van der Waals surface area contributed by atoms with Gasteiger partial charge in [0.2, 0.25) is 17.7 Å². The first kappa shape index (κ1) is 26.8. The first-order chi connectivity index (χ1) is 18.2. The highest BCUT2D eigenvalue weighted by Crippen LogP contribution is 2.78. The fourth-order valence-corrected chi connectivity index (χ4v) is 6.13. The smallest absolute Gasteiger partial charge is 0.368 e. The average molecular weight is 547 g/mol. The van der Waals surface area contributed by atoms with Gasteiger partial charge in [-0.3, -0.25) is 19.2 Å². The maximum atomic E-state index is 13.8. The Balaban J connectivity index is 1.44. The first-order valence-corrected chi connectivity index (χ1v) is 12.6. The number of piperidine rings is 1. The van der Waals surface area contributed by atoms with Crippen LogP contribution in [0.15, 0.2) is 30.5 Å². The highest BCUT2D eigenvalue weighted by atomic mass is 19.4. The maximum absolute atomic E-state index is 13.8. The third-order valence-electron chi connectivity index (χ3n) is 8.26. The zero-order valence-corrected chi connectivity index (χ0v) is 21.6. The van der Waals surface area contributed by atoms with Crippen LogP contribution in [0.5, 0.6) is 0 Å². The molecule has 2 aromatic rings. The van der Waals surface area contributed by atoms with Crippen LogP contribution in [0.2, 0.25) is 0 Å². The van der Waals surface area contributed by atoms with Gasteiger partial charge in [-0.05, 0) is 35.5 Å². The van der Waals surface area contributed by atoms with E-state index in [1.54, 1.807) is 24.3 Å². The maximum Gasteiger partial charge on any atom is 0.471 e. The van der Waals surface area contributed by atoms with Crippen molar-refractivity contribution in [1.82, 2.24) is 25.7 Å². The second-order valence-electron chi connectivity index (χ2n) is 11.7. The van der Waals surface area contributed by atoms with E-state index in [1.165, 1.54) is 31.9 Å². The molecule has 1 spiro atoms. The molecule has 2 saturated carbocycles. The summed E-state index contributed by atoms with van der Waals surface area (Å²) in [7, 11) is 0. The van der Waals surface area contributed by atoms with Gasteiger partial charge in [-0.15, -0.1) is 0 Å². The topological polar surface area (TPSA) is 147 Å². The summed E-state index contributed by atoms with van der Waals surface area (Å²) in [5, 5.41) is 13.7. The average Bonchev–Trinajstić information content (AvgIpc) is 3.71. The number of nitrogens with one attached hydrogen (secondary N) is 2. The number of fused-ring (bicyclic) bond motifs is 4. The number of rotatable bonds is 6. The summed E-state index contributed by atoms with van der Waals surface area (Å²) < 4.78 is 39.2. The lowest BCUT2D eigenvalue weighted by atomic mass is 9.85. The number of likely N-dealkylation sites (tertiary alicyclic amines) is 1. The van der Waals surface area contributed by atoms with Crippen LogP contribution < -0.4 is 16.4 Å². The number of alkyl halides is 3. The molecule has 2 heterocycles. The number of aromatic nitrogens is 2. The molecular formula is C26H29F3N6O4. The van der Waals surface area contributed by atoms with E-state index in [9.17, 15) is 32.3 Å². The molecule has 2 aliphatic carbocycles. The van der Waals surface area contributed by atoms with Crippen molar-refractivity contribution in [1.29, 1.82) is 0 Å². The van der Waals surface area contributed by atoms with E-state index in [0.717, 1.165) is 12.8 Å². The van der Waals surface area contributed by atoms with Crippen molar-refractivity contribution < 1.29 is 32.3 Å². The Morgan fingerprint density at radius 1 is 1.10 bits per heavy atom. The molecule has 208 valence electrons. The SMILES string of the molecule is CC(C)(C)C(NC(=O)C(F)(F)F)C(=O)N1C[C@H]2[C@@H]([C@H]1C(=O)NC(C(N)=O)c1nncc3ccccc13)C21CC1. The predicted molar refractivity (Wildman–Crippen MR) is 131 cm³/mol. The molecule has 1 aliphatic heterocycles. The van der Waals surface area contributed by atoms with E-state index in [0.29, 0.717) is 10.8 Å². The molecule has 3 fully saturated rings. The van der Waals surface area contributed by atoms with Gasteiger partial charge in [0.05, 0.1) is 6.20 Å². The molecule has 5 atom stereocenters. The molecule has 39 heavy (non-hydrogen) atoms. The van der Waals surface area contributed by atoms with Crippen LogP contribution >= 0.6 is 0 Å². The minimum absolute atomic E-state index is 0.0144. The fraction of sp³-hybridized carbons (Fsp3) is 0.538. The number of carbonyl (C=O) groups is 4. The Kier molecular flexibility index (Phi) is 6.11. The molecule has 1 aromatic heterocycles. The number of carbonyl (C=O) groups excluding carboxylic acids is 4. The number of benzene rings is 1. The molecule has 13 heteroatoms. The summed E-state index contributed by atoms with van der Waals surface area (Å²) in [5.41, 5.74) is 4.64. The molecule has 10 nitrogen and oxygen atoms in total. The van der Waals surface area contributed by atoms with Gasteiger partial charge in [0.15, 0.2) is 6.04 Å². The van der Waals surface area contributed by atoms with Gasteiger partial charge in [-0.2, -0.15) is 23.4 Å².